The van der Waals surface area contributed by atoms with Crippen LogP contribution in [0.4, 0.5) is 0 Å². The lowest BCUT2D eigenvalue weighted by Gasteiger charge is -2.10. The molecule has 4 nitrogen and oxygen atoms in total. The Morgan fingerprint density at radius 2 is 2.41 bits per heavy atom. The Morgan fingerprint density at radius 3 is 3.06 bits per heavy atom. The summed E-state index contributed by atoms with van der Waals surface area (Å²) >= 11 is 3.47. The van der Waals surface area contributed by atoms with Crippen molar-refractivity contribution in [2.24, 2.45) is 0 Å². The standard InChI is InChI=1S/C12H17BrN2O2/c1-9-4-3-6-14-11(9)12(16)15-7-5-10(13)8-17-2/h3-4,6,10H,5,7-8H2,1-2H3,(H,15,16). The number of amides is 1. The van der Waals surface area contributed by atoms with Gasteiger partial charge in [-0.25, -0.2) is 0 Å². The van der Waals surface area contributed by atoms with Crippen molar-refractivity contribution in [1.82, 2.24) is 10.3 Å². The molecular weight excluding hydrogens is 284 g/mol. The molecule has 1 rings (SSSR count). The topological polar surface area (TPSA) is 51.2 Å². The van der Waals surface area contributed by atoms with Gasteiger partial charge in [0.05, 0.1) is 6.61 Å². The fraction of sp³-hybridized carbons (Fsp3) is 0.500. The first-order valence-electron chi connectivity index (χ1n) is 5.48. The van der Waals surface area contributed by atoms with E-state index in [1.54, 1.807) is 13.3 Å². The third-order valence-corrected chi connectivity index (χ3v) is 3.04. The number of pyridine rings is 1. The van der Waals surface area contributed by atoms with Crippen molar-refractivity contribution in [3.63, 3.8) is 0 Å². The maximum atomic E-state index is 11.8. The molecule has 0 aromatic carbocycles. The minimum atomic E-state index is -0.125. The van der Waals surface area contributed by atoms with Crippen LogP contribution in [0.1, 0.15) is 22.5 Å². The van der Waals surface area contributed by atoms with E-state index in [-0.39, 0.29) is 10.7 Å². The Morgan fingerprint density at radius 1 is 1.65 bits per heavy atom. The average Bonchev–Trinajstić information content (AvgIpc) is 2.29. The van der Waals surface area contributed by atoms with E-state index in [0.717, 1.165) is 12.0 Å². The van der Waals surface area contributed by atoms with Crippen molar-refractivity contribution < 1.29 is 9.53 Å². The van der Waals surface area contributed by atoms with Crippen molar-refractivity contribution in [3.8, 4) is 0 Å². The molecule has 0 saturated heterocycles. The number of carbonyl (C=O) groups is 1. The van der Waals surface area contributed by atoms with E-state index in [0.29, 0.717) is 18.8 Å². The molecule has 1 atom stereocenters. The number of methoxy groups -OCH3 is 1. The summed E-state index contributed by atoms with van der Waals surface area (Å²) < 4.78 is 4.99. The zero-order valence-corrected chi connectivity index (χ0v) is 11.7. The molecule has 0 aliphatic rings. The van der Waals surface area contributed by atoms with Crippen LogP contribution in [0.25, 0.3) is 0 Å². The minimum Gasteiger partial charge on any atom is -0.384 e. The lowest BCUT2D eigenvalue weighted by molar-refractivity contribution is 0.0946. The summed E-state index contributed by atoms with van der Waals surface area (Å²) in [6, 6.07) is 3.69. The van der Waals surface area contributed by atoms with Crippen LogP contribution in [0.3, 0.4) is 0 Å². The fourth-order valence-electron chi connectivity index (χ4n) is 1.41. The van der Waals surface area contributed by atoms with E-state index in [1.807, 2.05) is 19.1 Å². The molecule has 0 fully saturated rings. The zero-order chi connectivity index (χ0) is 12.7. The van der Waals surface area contributed by atoms with Gasteiger partial charge >= 0.3 is 0 Å². The first-order valence-corrected chi connectivity index (χ1v) is 6.39. The molecule has 1 heterocycles. The number of ether oxygens (including phenoxy) is 1. The predicted molar refractivity (Wildman–Crippen MR) is 70.5 cm³/mol. The molecule has 0 spiro atoms. The zero-order valence-electron chi connectivity index (χ0n) is 10.1. The number of hydrogen-bond acceptors (Lipinski definition) is 3. The monoisotopic (exact) mass is 300 g/mol. The van der Waals surface area contributed by atoms with Crippen LogP contribution in [-0.4, -0.2) is 36.0 Å². The first-order chi connectivity index (χ1) is 8.15. The van der Waals surface area contributed by atoms with Crippen LogP contribution < -0.4 is 5.32 Å². The van der Waals surface area contributed by atoms with Gasteiger partial charge < -0.3 is 10.1 Å². The fourth-order valence-corrected chi connectivity index (χ4v) is 1.91. The number of halogens is 1. The summed E-state index contributed by atoms with van der Waals surface area (Å²) in [6.45, 7) is 3.12. The molecule has 0 saturated carbocycles. The Kier molecular flexibility index (Phi) is 6.15. The van der Waals surface area contributed by atoms with Crippen molar-refractivity contribution in [2.75, 3.05) is 20.3 Å². The van der Waals surface area contributed by atoms with E-state index in [2.05, 4.69) is 26.2 Å². The predicted octanol–water partition coefficient (Wildman–Crippen LogP) is 1.92. The van der Waals surface area contributed by atoms with Gasteiger partial charge in [0.15, 0.2) is 0 Å². The molecular formula is C12H17BrN2O2. The Labute approximate surface area is 110 Å². The Bertz CT molecular complexity index is 371. The van der Waals surface area contributed by atoms with Gasteiger partial charge in [-0.1, -0.05) is 22.0 Å². The molecule has 0 bridgehead atoms. The third-order valence-electron chi connectivity index (χ3n) is 2.32. The summed E-state index contributed by atoms with van der Waals surface area (Å²) in [5.74, 6) is -0.125. The molecule has 0 radical (unpaired) electrons. The highest BCUT2D eigenvalue weighted by Gasteiger charge is 2.10. The summed E-state index contributed by atoms with van der Waals surface area (Å²) in [5.41, 5.74) is 1.38. The number of nitrogens with zero attached hydrogens (tertiary/aromatic N) is 1. The molecule has 0 aliphatic heterocycles. The van der Waals surface area contributed by atoms with Crippen LogP contribution in [0.15, 0.2) is 18.3 Å². The van der Waals surface area contributed by atoms with Crippen LogP contribution in [0.5, 0.6) is 0 Å². The molecule has 1 aromatic heterocycles. The Balaban J connectivity index is 2.38. The second-order valence-corrected chi connectivity index (χ2v) is 5.06. The van der Waals surface area contributed by atoms with Gasteiger partial charge in [0.25, 0.3) is 5.91 Å². The Hall–Kier alpha value is -0.940. The smallest absolute Gasteiger partial charge is 0.270 e. The highest BCUT2D eigenvalue weighted by molar-refractivity contribution is 9.09. The normalized spacial score (nSPS) is 12.2. The summed E-state index contributed by atoms with van der Waals surface area (Å²) in [6.07, 6.45) is 2.45. The molecule has 1 amide bonds. The molecule has 5 heteroatoms. The highest BCUT2D eigenvalue weighted by Crippen LogP contribution is 2.05. The van der Waals surface area contributed by atoms with Crippen molar-refractivity contribution in [2.45, 2.75) is 18.2 Å². The minimum absolute atomic E-state index is 0.125. The average molecular weight is 301 g/mol. The molecule has 17 heavy (non-hydrogen) atoms. The third kappa shape index (κ3) is 4.83. The second-order valence-electron chi connectivity index (χ2n) is 3.77. The van der Waals surface area contributed by atoms with Crippen LogP contribution in [0, 0.1) is 6.92 Å². The molecule has 0 aliphatic carbocycles. The first kappa shape index (κ1) is 14.1. The largest absolute Gasteiger partial charge is 0.384 e. The van der Waals surface area contributed by atoms with Gasteiger partial charge in [-0.05, 0) is 25.0 Å². The van der Waals surface area contributed by atoms with Gasteiger partial charge in [-0.15, -0.1) is 0 Å². The van der Waals surface area contributed by atoms with Crippen LogP contribution in [-0.2, 0) is 4.74 Å². The van der Waals surface area contributed by atoms with Crippen molar-refractivity contribution in [1.29, 1.82) is 0 Å². The van der Waals surface area contributed by atoms with E-state index in [4.69, 9.17) is 4.74 Å². The number of hydrogen-bond donors (Lipinski definition) is 1. The lowest BCUT2D eigenvalue weighted by atomic mass is 10.2. The van der Waals surface area contributed by atoms with Crippen LogP contribution in [0.2, 0.25) is 0 Å². The number of nitrogens with one attached hydrogen (secondary N) is 1. The summed E-state index contributed by atoms with van der Waals surface area (Å²) in [7, 11) is 1.66. The summed E-state index contributed by atoms with van der Waals surface area (Å²) in [5, 5.41) is 2.84. The van der Waals surface area contributed by atoms with Gasteiger partial charge in [0, 0.05) is 24.7 Å². The number of alkyl halides is 1. The lowest BCUT2D eigenvalue weighted by Crippen LogP contribution is -2.28. The highest BCUT2D eigenvalue weighted by atomic mass is 79.9. The van der Waals surface area contributed by atoms with Crippen molar-refractivity contribution >= 4 is 21.8 Å². The number of rotatable bonds is 6. The summed E-state index contributed by atoms with van der Waals surface area (Å²) in [4.78, 5) is 16.1. The van der Waals surface area contributed by atoms with Gasteiger partial charge in [-0.2, -0.15) is 0 Å². The van der Waals surface area contributed by atoms with Gasteiger partial charge in [0.2, 0.25) is 0 Å². The maximum Gasteiger partial charge on any atom is 0.270 e. The van der Waals surface area contributed by atoms with Gasteiger partial charge in [0.1, 0.15) is 5.69 Å². The van der Waals surface area contributed by atoms with E-state index in [9.17, 15) is 4.79 Å². The molecule has 94 valence electrons. The van der Waals surface area contributed by atoms with Crippen molar-refractivity contribution in [3.05, 3.63) is 29.6 Å². The second kappa shape index (κ2) is 7.40. The van der Waals surface area contributed by atoms with Gasteiger partial charge in [-0.3, -0.25) is 9.78 Å². The number of aromatic nitrogens is 1. The number of aryl methyl sites for hydroxylation is 1. The quantitative estimate of drug-likeness (QED) is 0.817. The SMILES string of the molecule is COCC(Br)CCNC(=O)c1ncccc1C. The molecule has 1 aromatic rings. The van der Waals surface area contributed by atoms with E-state index < -0.39 is 0 Å². The number of carbonyl (C=O) groups excluding carboxylic acids is 1. The molecule has 1 N–H and O–H groups in total. The maximum absolute atomic E-state index is 11.8. The van der Waals surface area contributed by atoms with Crippen LogP contribution >= 0.6 is 15.9 Å². The van der Waals surface area contributed by atoms with E-state index >= 15 is 0 Å². The molecule has 1 unspecified atom stereocenters. The van der Waals surface area contributed by atoms with E-state index in [1.165, 1.54) is 0 Å².